The highest BCUT2D eigenvalue weighted by atomic mass is 16.2. The van der Waals surface area contributed by atoms with Crippen molar-refractivity contribution in [1.29, 1.82) is 0 Å². The van der Waals surface area contributed by atoms with Gasteiger partial charge in [-0.15, -0.1) is 0 Å². The van der Waals surface area contributed by atoms with Crippen LogP contribution in [-0.2, 0) is 11.3 Å². The Morgan fingerprint density at radius 3 is 2.93 bits per heavy atom. The minimum absolute atomic E-state index is 0.00736. The SMILES string of the molecule is C=CN1Cc2ccccc2[C@@H](CC)C1=O. The van der Waals surface area contributed by atoms with Gasteiger partial charge in [0.2, 0.25) is 5.91 Å². The van der Waals surface area contributed by atoms with E-state index in [0.717, 1.165) is 6.42 Å². The Balaban J connectivity index is 2.47. The van der Waals surface area contributed by atoms with Gasteiger partial charge >= 0.3 is 0 Å². The molecule has 0 fully saturated rings. The summed E-state index contributed by atoms with van der Waals surface area (Å²) in [6, 6.07) is 8.16. The number of hydrogen-bond acceptors (Lipinski definition) is 1. The van der Waals surface area contributed by atoms with E-state index in [9.17, 15) is 4.79 Å². The van der Waals surface area contributed by atoms with E-state index < -0.39 is 0 Å². The van der Waals surface area contributed by atoms with E-state index in [-0.39, 0.29) is 11.8 Å². The van der Waals surface area contributed by atoms with Crippen LogP contribution in [0.15, 0.2) is 37.0 Å². The maximum atomic E-state index is 12.0. The molecule has 0 bridgehead atoms. The lowest BCUT2D eigenvalue weighted by atomic mass is 9.87. The summed E-state index contributed by atoms with van der Waals surface area (Å²) in [4.78, 5) is 13.7. The first-order chi connectivity index (χ1) is 7.27. The number of nitrogens with zero attached hydrogens (tertiary/aromatic N) is 1. The van der Waals surface area contributed by atoms with Gasteiger partial charge in [0.1, 0.15) is 0 Å². The summed E-state index contributed by atoms with van der Waals surface area (Å²) in [7, 11) is 0. The van der Waals surface area contributed by atoms with E-state index in [1.54, 1.807) is 11.1 Å². The second kappa shape index (κ2) is 3.89. The fourth-order valence-corrected chi connectivity index (χ4v) is 2.16. The zero-order valence-corrected chi connectivity index (χ0v) is 8.94. The Morgan fingerprint density at radius 2 is 2.27 bits per heavy atom. The molecule has 1 aromatic rings. The minimum atomic E-state index is 0.00736. The topological polar surface area (TPSA) is 20.3 Å². The van der Waals surface area contributed by atoms with Crippen molar-refractivity contribution in [1.82, 2.24) is 4.90 Å². The first kappa shape index (κ1) is 9.97. The quantitative estimate of drug-likeness (QED) is 0.720. The van der Waals surface area contributed by atoms with Crippen molar-refractivity contribution < 1.29 is 4.79 Å². The second-order valence-electron chi connectivity index (χ2n) is 3.81. The standard InChI is InChI=1S/C13H15NO/c1-3-11-12-8-6-5-7-10(12)9-14(4-2)13(11)15/h4-8,11H,2-3,9H2,1H3/t11-/m1/s1. The predicted octanol–water partition coefficient (Wildman–Crippen LogP) is 2.67. The molecule has 0 unspecified atom stereocenters. The molecule has 0 aromatic heterocycles. The van der Waals surface area contributed by atoms with E-state index in [0.29, 0.717) is 6.54 Å². The average molecular weight is 201 g/mol. The minimum Gasteiger partial charge on any atom is -0.315 e. The Labute approximate surface area is 90.2 Å². The number of hydrogen-bond donors (Lipinski definition) is 0. The number of fused-ring (bicyclic) bond motifs is 1. The normalized spacial score (nSPS) is 19.9. The van der Waals surface area contributed by atoms with E-state index >= 15 is 0 Å². The first-order valence-electron chi connectivity index (χ1n) is 5.28. The summed E-state index contributed by atoms with van der Waals surface area (Å²) in [6.07, 6.45) is 2.47. The molecule has 2 heteroatoms. The molecule has 0 saturated heterocycles. The first-order valence-corrected chi connectivity index (χ1v) is 5.28. The van der Waals surface area contributed by atoms with Gasteiger partial charge in [-0.1, -0.05) is 37.8 Å². The average Bonchev–Trinajstić information content (AvgIpc) is 2.28. The Hall–Kier alpha value is -1.57. The van der Waals surface area contributed by atoms with E-state index in [2.05, 4.69) is 18.7 Å². The van der Waals surface area contributed by atoms with Crippen LogP contribution in [0.5, 0.6) is 0 Å². The largest absolute Gasteiger partial charge is 0.315 e. The van der Waals surface area contributed by atoms with Crippen LogP contribution in [0.4, 0.5) is 0 Å². The van der Waals surface area contributed by atoms with Gasteiger partial charge in [-0.2, -0.15) is 0 Å². The summed E-state index contributed by atoms with van der Waals surface area (Å²) in [5.41, 5.74) is 2.42. The van der Waals surface area contributed by atoms with Crippen LogP contribution < -0.4 is 0 Å². The molecule has 1 heterocycles. The molecule has 1 aliphatic rings. The zero-order valence-electron chi connectivity index (χ0n) is 8.94. The van der Waals surface area contributed by atoms with Crippen molar-refractivity contribution in [3.05, 3.63) is 48.2 Å². The maximum absolute atomic E-state index is 12.0. The van der Waals surface area contributed by atoms with Crippen molar-refractivity contribution in [2.24, 2.45) is 0 Å². The molecule has 0 radical (unpaired) electrons. The third kappa shape index (κ3) is 1.56. The smallest absolute Gasteiger partial charge is 0.234 e. The fraction of sp³-hybridized carbons (Fsp3) is 0.308. The molecule has 15 heavy (non-hydrogen) atoms. The molecule has 1 atom stereocenters. The zero-order chi connectivity index (χ0) is 10.8. The summed E-state index contributed by atoms with van der Waals surface area (Å²) in [6.45, 7) is 6.39. The number of benzene rings is 1. The molecule has 0 saturated carbocycles. The number of carbonyl (C=O) groups is 1. The second-order valence-corrected chi connectivity index (χ2v) is 3.81. The lowest BCUT2D eigenvalue weighted by Crippen LogP contribution is -2.35. The molecular formula is C13H15NO. The highest BCUT2D eigenvalue weighted by Crippen LogP contribution is 2.31. The van der Waals surface area contributed by atoms with Gasteiger partial charge in [-0.25, -0.2) is 0 Å². The number of amides is 1. The molecule has 2 rings (SSSR count). The van der Waals surface area contributed by atoms with E-state index in [4.69, 9.17) is 0 Å². The summed E-state index contributed by atoms with van der Waals surface area (Å²) in [5, 5.41) is 0. The molecular weight excluding hydrogens is 186 g/mol. The number of carbonyl (C=O) groups excluding carboxylic acids is 1. The monoisotopic (exact) mass is 201 g/mol. The summed E-state index contributed by atoms with van der Waals surface area (Å²) >= 11 is 0. The molecule has 1 aromatic carbocycles. The highest BCUT2D eigenvalue weighted by molar-refractivity contribution is 5.86. The molecule has 78 valence electrons. The highest BCUT2D eigenvalue weighted by Gasteiger charge is 2.29. The molecule has 1 amide bonds. The van der Waals surface area contributed by atoms with Crippen LogP contribution >= 0.6 is 0 Å². The van der Waals surface area contributed by atoms with Gasteiger partial charge in [0.25, 0.3) is 0 Å². The molecule has 2 nitrogen and oxygen atoms in total. The van der Waals surface area contributed by atoms with Crippen LogP contribution in [0.3, 0.4) is 0 Å². The molecule has 0 N–H and O–H groups in total. The van der Waals surface area contributed by atoms with Crippen molar-refractivity contribution in [2.75, 3.05) is 0 Å². The predicted molar refractivity (Wildman–Crippen MR) is 60.2 cm³/mol. The van der Waals surface area contributed by atoms with Gasteiger partial charge in [0.05, 0.1) is 12.5 Å². The lowest BCUT2D eigenvalue weighted by molar-refractivity contribution is -0.131. The third-order valence-electron chi connectivity index (χ3n) is 2.98. The lowest BCUT2D eigenvalue weighted by Gasteiger charge is -2.31. The van der Waals surface area contributed by atoms with Crippen molar-refractivity contribution in [2.45, 2.75) is 25.8 Å². The molecule has 1 aliphatic heterocycles. The van der Waals surface area contributed by atoms with E-state index in [1.807, 2.05) is 19.1 Å². The van der Waals surface area contributed by atoms with Crippen molar-refractivity contribution in [3.63, 3.8) is 0 Å². The van der Waals surface area contributed by atoms with Crippen LogP contribution in [0.1, 0.15) is 30.4 Å². The fourth-order valence-electron chi connectivity index (χ4n) is 2.16. The van der Waals surface area contributed by atoms with Gasteiger partial charge < -0.3 is 4.90 Å². The third-order valence-corrected chi connectivity index (χ3v) is 2.98. The molecule has 0 aliphatic carbocycles. The van der Waals surface area contributed by atoms with Crippen LogP contribution in [0.25, 0.3) is 0 Å². The Kier molecular flexibility index (Phi) is 2.58. The Morgan fingerprint density at radius 1 is 1.53 bits per heavy atom. The molecule has 0 spiro atoms. The van der Waals surface area contributed by atoms with Crippen LogP contribution in [-0.4, -0.2) is 10.8 Å². The Bertz CT molecular complexity index is 397. The maximum Gasteiger partial charge on any atom is 0.234 e. The van der Waals surface area contributed by atoms with Crippen LogP contribution in [0, 0.1) is 0 Å². The van der Waals surface area contributed by atoms with E-state index in [1.165, 1.54) is 11.1 Å². The van der Waals surface area contributed by atoms with Gasteiger partial charge in [0, 0.05) is 0 Å². The summed E-state index contributed by atoms with van der Waals surface area (Å²) in [5.74, 6) is 0.180. The van der Waals surface area contributed by atoms with Crippen LogP contribution in [0.2, 0.25) is 0 Å². The van der Waals surface area contributed by atoms with Crippen molar-refractivity contribution in [3.8, 4) is 0 Å². The summed E-state index contributed by atoms with van der Waals surface area (Å²) < 4.78 is 0. The van der Waals surface area contributed by atoms with Gasteiger partial charge in [-0.05, 0) is 23.7 Å². The number of rotatable bonds is 2. The van der Waals surface area contributed by atoms with Crippen molar-refractivity contribution >= 4 is 5.91 Å². The van der Waals surface area contributed by atoms with Gasteiger partial charge in [0.15, 0.2) is 0 Å². The van der Waals surface area contributed by atoms with Gasteiger partial charge in [-0.3, -0.25) is 4.79 Å².